The van der Waals surface area contributed by atoms with Gasteiger partial charge in [0.05, 0.1) is 20.8 Å². The van der Waals surface area contributed by atoms with Gasteiger partial charge in [0.2, 0.25) is 5.91 Å². The van der Waals surface area contributed by atoms with Crippen molar-refractivity contribution in [2.24, 2.45) is 0 Å². The van der Waals surface area contributed by atoms with Crippen molar-refractivity contribution in [3.63, 3.8) is 0 Å². The van der Waals surface area contributed by atoms with Crippen LogP contribution in [0.25, 0.3) is 0 Å². The summed E-state index contributed by atoms with van der Waals surface area (Å²) in [6.45, 7) is 2.44. The van der Waals surface area contributed by atoms with Gasteiger partial charge in [-0.1, -0.05) is 18.2 Å². The highest BCUT2D eigenvalue weighted by Gasteiger charge is 2.39. The Balaban J connectivity index is 1.74. The van der Waals surface area contributed by atoms with Gasteiger partial charge in [-0.2, -0.15) is 0 Å². The van der Waals surface area contributed by atoms with Gasteiger partial charge in [-0.25, -0.2) is 0 Å². The van der Waals surface area contributed by atoms with E-state index in [0.717, 1.165) is 16.9 Å². The molecule has 0 fully saturated rings. The fraction of sp³-hybridized carbons (Fsp3) is 0.360. The summed E-state index contributed by atoms with van der Waals surface area (Å²) in [6, 6.07) is 13.3. The summed E-state index contributed by atoms with van der Waals surface area (Å²) in [6.07, 6.45) is 1.15. The van der Waals surface area contributed by atoms with Crippen LogP contribution in [0.1, 0.15) is 49.1 Å². The summed E-state index contributed by atoms with van der Waals surface area (Å²) >= 11 is 0. The Kier molecular flexibility index (Phi) is 5.98. The van der Waals surface area contributed by atoms with Crippen molar-refractivity contribution in [1.82, 2.24) is 5.32 Å². The van der Waals surface area contributed by atoms with E-state index in [1.54, 1.807) is 14.2 Å². The van der Waals surface area contributed by atoms with Gasteiger partial charge in [0.25, 0.3) is 0 Å². The van der Waals surface area contributed by atoms with Crippen LogP contribution >= 0.6 is 0 Å². The number of rotatable bonds is 6. The molecule has 0 unspecified atom stereocenters. The predicted octanol–water partition coefficient (Wildman–Crippen LogP) is 4.11. The van der Waals surface area contributed by atoms with Gasteiger partial charge in [0.15, 0.2) is 5.78 Å². The highest BCUT2D eigenvalue weighted by atomic mass is 16.5. The van der Waals surface area contributed by atoms with E-state index in [9.17, 15) is 9.59 Å². The molecule has 1 amide bonds. The lowest BCUT2D eigenvalue weighted by Crippen LogP contribution is -2.38. The fourth-order valence-electron chi connectivity index (χ4n) is 4.66. The molecule has 1 N–H and O–H groups in total. The standard InChI is InChI=1S/C25H27NO5/c1-4-31-23-8-6-5-7-17(23)19-14-24(28)26-20-11-15(12-21(27)25(19)20)18-13-16(29-2)9-10-22(18)30-3/h5-10,13,15,19H,4,11-12,14H2,1-3H3,(H,26,28)/t15-,19+/m1/s1. The zero-order valence-corrected chi connectivity index (χ0v) is 18.1. The zero-order chi connectivity index (χ0) is 22.0. The molecule has 1 aliphatic carbocycles. The monoisotopic (exact) mass is 421 g/mol. The topological polar surface area (TPSA) is 73.9 Å². The Morgan fingerprint density at radius 1 is 0.935 bits per heavy atom. The lowest BCUT2D eigenvalue weighted by molar-refractivity contribution is -0.122. The maximum Gasteiger partial charge on any atom is 0.225 e. The van der Waals surface area contributed by atoms with Crippen LogP contribution in [0.5, 0.6) is 17.2 Å². The van der Waals surface area contributed by atoms with E-state index in [1.807, 2.05) is 49.4 Å². The fourth-order valence-corrected chi connectivity index (χ4v) is 4.66. The first-order valence-corrected chi connectivity index (χ1v) is 10.5. The molecule has 31 heavy (non-hydrogen) atoms. The number of carbonyl (C=O) groups excluding carboxylic acids is 2. The number of ketones is 1. The number of hydrogen-bond donors (Lipinski definition) is 1. The van der Waals surface area contributed by atoms with E-state index in [2.05, 4.69) is 5.32 Å². The van der Waals surface area contributed by atoms with E-state index in [-0.39, 0.29) is 29.9 Å². The molecule has 0 aromatic heterocycles. The lowest BCUT2D eigenvalue weighted by Gasteiger charge is -2.35. The van der Waals surface area contributed by atoms with E-state index in [4.69, 9.17) is 14.2 Å². The molecule has 0 spiro atoms. The molecule has 162 valence electrons. The summed E-state index contributed by atoms with van der Waals surface area (Å²) in [5.74, 6) is 1.71. The number of carbonyl (C=O) groups is 2. The quantitative estimate of drug-likeness (QED) is 0.760. The number of ether oxygens (including phenoxy) is 3. The second-order valence-electron chi connectivity index (χ2n) is 7.80. The maximum absolute atomic E-state index is 13.4. The number of Topliss-reactive ketones (excluding diaryl/α,β-unsaturated/α-hetero) is 1. The van der Waals surface area contributed by atoms with Crippen LogP contribution in [0.4, 0.5) is 0 Å². The minimum atomic E-state index is -0.299. The van der Waals surface area contributed by atoms with E-state index < -0.39 is 0 Å². The molecule has 0 bridgehead atoms. The third-order valence-electron chi connectivity index (χ3n) is 6.01. The molecule has 6 nitrogen and oxygen atoms in total. The Morgan fingerprint density at radius 2 is 1.74 bits per heavy atom. The second kappa shape index (κ2) is 8.84. The maximum atomic E-state index is 13.4. The minimum Gasteiger partial charge on any atom is -0.497 e. The van der Waals surface area contributed by atoms with Crippen molar-refractivity contribution < 1.29 is 23.8 Å². The van der Waals surface area contributed by atoms with Crippen LogP contribution in [-0.2, 0) is 9.59 Å². The summed E-state index contributed by atoms with van der Waals surface area (Å²) in [4.78, 5) is 26.0. The van der Waals surface area contributed by atoms with Gasteiger partial charge in [0.1, 0.15) is 17.2 Å². The first-order chi connectivity index (χ1) is 15.0. The Hall–Kier alpha value is -3.28. The van der Waals surface area contributed by atoms with Crippen LogP contribution in [0.15, 0.2) is 53.7 Å². The molecule has 0 saturated heterocycles. The van der Waals surface area contributed by atoms with Crippen LogP contribution < -0.4 is 19.5 Å². The normalized spacial score (nSPS) is 20.7. The Labute approximate surface area is 182 Å². The van der Waals surface area contributed by atoms with Crippen LogP contribution in [-0.4, -0.2) is 32.5 Å². The smallest absolute Gasteiger partial charge is 0.225 e. The average molecular weight is 421 g/mol. The molecule has 2 aromatic rings. The SMILES string of the molecule is CCOc1ccccc1[C@@H]1CC(=O)NC2=C1C(=O)C[C@H](c1cc(OC)ccc1OC)C2. The van der Waals surface area contributed by atoms with Gasteiger partial charge in [-0.3, -0.25) is 9.59 Å². The Morgan fingerprint density at radius 3 is 2.48 bits per heavy atom. The van der Waals surface area contributed by atoms with Gasteiger partial charge < -0.3 is 19.5 Å². The van der Waals surface area contributed by atoms with E-state index in [0.29, 0.717) is 42.2 Å². The van der Waals surface area contributed by atoms with Gasteiger partial charge >= 0.3 is 0 Å². The van der Waals surface area contributed by atoms with Crippen LogP contribution in [0.2, 0.25) is 0 Å². The molecule has 2 aromatic carbocycles. The minimum absolute atomic E-state index is 0.0485. The average Bonchev–Trinajstić information content (AvgIpc) is 2.78. The van der Waals surface area contributed by atoms with Crippen molar-refractivity contribution in [2.75, 3.05) is 20.8 Å². The predicted molar refractivity (Wildman–Crippen MR) is 117 cm³/mol. The molecule has 2 aliphatic rings. The number of para-hydroxylation sites is 1. The number of allylic oxidation sites excluding steroid dienone is 2. The molecule has 0 saturated carbocycles. The Bertz CT molecular complexity index is 1040. The first kappa shape index (κ1) is 21.0. The summed E-state index contributed by atoms with van der Waals surface area (Å²) in [5, 5.41) is 2.97. The molecule has 6 heteroatoms. The third kappa shape index (κ3) is 4.02. The molecule has 0 radical (unpaired) electrons. The summed E-state index contributed by atoms with van der Waals surface area (Å²) < 4.78 is 16.7. The molecule has 1 heterocycles. The number of methoxy groups -OCH3 is 2. The van der Waals surface area contributed by atoms with Crippen molar-refractivity contribution in [1.29, 1.82) is 0 Å². The van der Waals surface area contributed by atoms with Crippen LogP contribution in [0, 0.1) is 0 Å². The van der Waals surface area contributed by atoms with Crippen molar-refractivity contribution in [3.8, 4) is 17.2 Å². The van der Waals surface area contributed by atoms with Crippen molar-refractivity contribution in [2.45, 2.75) is 38.0 Å². The molecule has 4 rings (SSSR count). The number of nitrogens with one attached hydrogen (secondary N) is 1. The largest absolute Gasteiger partial charge is 0.497 e. The van der Waals surface area contributed by atoms with Gasteiger partial charge in [-0.15, -0.1) is 0 Å². The summed E-state index contributed by atoms with van der Waals surface area (Å²) in [5.41, 5.74) is 3.20. The van der Waals surface area contributed by atoms with Crippen molar-refractivity contribution in [3.05, 3.63) is 64.9 Å². The highest BCUT2D eigenvalue weighted by Crippen LogP contribution is 2.46. The third-order valence-corrected chi connectivity index (χ3v) is 6.01. The lowest BCUT2D eigenvalue weighted by atomic mass is 9.73. The van der Waals surface area contributed by atoms with E-state index in [1.165, 1.54) is 0 Å². The highest BCUT2D eigenvalue weighted by molar-refractivity contribution is 6.02. The van der Waals surface area contributed by atoms with Crippen molar-refractivity contribution >= 4 is 11.7 Å². The van der Waals surface area contributed by atoms with E-state index >= 15 is 0 Å². The molecule has 2 atom stereocenters. The molecule has 1 aliphatic heterocycles. The number of amides is 1. The van der Waals surface area contributed by atoms with Crippen LogP contribution in [0.3, 0.4) is 0 Å². The zero-order valence-electron chi connectivity index (χ0n) is 18.1. The molecular weight excluding hydrogens is 394 g/mol. The number of benzene rings is 2. The van der Waals surface area contributed by atoms with Gasteiger partial charge in [-0.05, 0) is 37.6 Å². The van der Waals surface area contributed by atoms with Gasteiger partial charge in [0, 0.05) is 47.1 Å². The second-order valence-corrected chi connectivity index (χ2v) is 7.80. The molecular formula is C25H27NO5. The number of hydrogen-bond acceptors (Lipinski definition) is 5. The summed E-state index contributed by atoms with van der Waals surface area (Å²) in [7, 11) is 3.23. The first-order valence-electron chi connectivity index (χ1n) is 10.5.